The molecular formula is C48H80N2O5. The predicted octanol–water partition coefficient (Wildman–Crippen LogP) is 10.2. The van der Waals surface area contributed by atoms with Crippen LogP contribution < -0.4 is 4.90 Å². The second-order valence-corrected chi connectivity index (χ2v) is 21.0. The lowest BCUT2D eigenvalue weighted by Crippen LogP contribution is -2.76. The molecule has 2 saturated carbocycles. The molecule has 7 nitrogen and oxygen atoms in total. The number of nitrogens with zero attached hydrogens (tertiary/aromatic N) is 2. The summed E-state index contributed by atoms with van der Waals surface area (Å²) in [5, 5.41) is 22.0. The minimum atomic E-state index is -1.52. The highest BCUT2D eigenvalue weighted by Crippen LogP contribution is 2.68. The van der Waals surface area contributed by atoms with E-state index in [0.717, 1.165) is 57.9 Å². The summed E-state index contributed by atoms with van der Waals surface area (Å²) in [4.78, 5) is 49.0. The summed E-state index contributed by atoms with van der Waals surface area (Å²) in [6, 6.07) is 5.74. The van der Waals surface area contributed by atoms with Crippen molar-refractivity contribution >= 4 is 23.0 Å². The maximum absolute atomic E-state index is 15.1. The van der Waals surface area contributed by atoms with Crippen LogP contribution in [0.5, 0.6) is 5.75 Å². The molecule has 2 aliphatic carbocycles. The molecule has 1 aromatic rings. The van der Waals surface area contributed by atoms with Crippen molar-refractivity contribution in [1.29, 1.82) is 0 Å². The largest absolute Gasteiger partial charge is 0.508 e. The van der Waals surface area contributed by atoms with Crippen LogP contribution in [0.25, 0.3) is 0 Å². The third-order valence-corrected chi connectivity index (χ3v) is 14.8. The lowest BCUT2D eigenvalue weighted by Gasteiger charge is -2.65. The molecule has 3 fully saturated rings. The number of anilines is 1. The number of aromatic hydroxyl groups is 1. The van der Waals surface area contributed by atoms with Gasteiger partial charge in [0, 0.05) is 36.5 Å². The molecule has 2 heterocycles. The van der Waals surface area contributed by atoms with Crippen molar-refractivity contribution in [3.63, 3.8) is 0 Å². The molecule has 0 spiro atoms. The fourth-order valence-corrected chi connectivity index (χ4v) is 11.7. The number of phenols is 1. The Morgan fingerprint density at radius 2 is 1.42 bits per heavy atom. The Kier molecular flexibility index (Phi) is 14.3. The van der Waals surface area contributed by atoms with Gasteiger partial charge in [-0.2, -0.15) is 0 Å². The van der Waals surface area contributed by atoms with Crippen molar-refractivity contribution in [2.75, 3.05) is 25.5 Å². The molecule has 312 valence electrons. The molecule has 55 heavy (non-hydrogen) atoms. The maximum atomic E-state index is 15.1. The number of likely N-dealkylation sites (tertiary alicyclic amines) is 1. The number of rotatable bonds is 15. The third-order valence-electron chi connectivity index (χ3n) is 14.8. The van der Waals surface area contributed by atoms with Gasteiger partial charge in [-0.15, -0.1) is 0 Å². The number of likely N-dealkylation sites (N-methyl/N-ethyl adjacent to an activating group) is 2. The SMILES string of the molecule is CC(C)CCC[C@@]1(C)[C@H](CCC(C)C)C[C@@]2(CCC(C)C)C(=O)C(CCC(C)C)C(O)[C@]1(C(=O)C(C)C)C2=O.CN1CC[C@@]2(C)c3cc(O)ccc3N(C)[C@@H]12. The summed E-state index contributed by atoms with van der Waals surface area (Å²) < 4.78 is 0. The molecular weight excluding hydrogens is 685 g/mol. The summed E-state index contributed by atoms with van der Waals surface area (Å²) in [6.45, 7) is 26.7. The number of benzene rings is 1. The monoisotopic (exact) mass is 765 g/mol. The molecule has 0 radical (unpaired) electrons. The van der Waals surface area contributed by atoms with Crippen LogP contribution in [0.2, 0.25) is 0 Å². The van der Waals surface area contributed by atoms with Crippen LogP contribution in [0.1, 0.15) is 159 Å². The smallest absolute Gasteiger partial charge is 0.163 e. The summed E-state index contributed by atoms with van der Waals surface area (Å²) in [5.41, 5.74) is -0.634. The zero-order valence-corrected chi connectivity index (χ0v) is 37.4. The van der Waals surface area contributed by atoms with Crippen molar-refractivity contribution in [1.82, 2.24) is 4.90 Å². The molecule has 4 aliphatic rings. The Morgan fingerprint density at radius 1 is 0.836 bits per heavy atom. The van der Waals surface area contributed by atoms with E-state index in [4.69, 9.17) is 0 Å². The van der Waals surface area contributed by atoms with Gasteiger partial charge in [0.25, 0.3) is 0 Å². The summed E-state index contributed by atoms with van der Waals surface area (Å²) >= 11 is 0. The topological polar surface area (TPSA) is 98.1 Å². The van der Waals surface area contributed by atoms with E-state index in [0.29, 0.717) is 54.8 Å². The van der Waals surface area contributed by atoms with Crippen LogP contribution in [0.3, 0.4) is 0 Å². The van der Waals surface area contributed by atoms with E-state index in [1.54, 1.807) is 6.07 Å². The van der Waals surface area contributed by atoms with Crippen LogP contribution >= 0.6 is 0 Å². The number of Topliss-reactive ketones (excluding diaryl/α,β-unsaturated/α-hetero) is 3. The highest BCUT2D eigenvalue weighted by Gasteiger charge is 2.77. The van der Waals surface area contributed by atoms with E-state index in [2.05, 4.69) is 93.1 Å². The van der Waals surface area contributed by atoms with Gasteiger partial charge in [0.05, 0.1) is 17.7 Å². The molecule has 7 heteroatoms. The number of phenolic OH excluding ortho intramolecular Hbond substituents is 1. The first-order chi connectivity index (χ1) is 25.5. The zero-order valence-electron chi connectivity index (χ0n) is 37.4. The van der Waals surface area contributed by atoms with Crippen LogP contribution in [0.15, 0.2) is 18.2 Å². The van der Waals surface area contributed by atoms with Gasteiger partial charge in [0.2, 0.25) is 0 Å². The number of carbonyl (C=O) groups is 3. The Labute approximate surface area is 335 Å². The number of ketones is 3. The normalized spacial score (nSPS) is 33.2. The quantitative estimate of drug-likeness (QED) is 0.172. The molecule has 0 aromatic heterocycles. The van der Waals surface area contributed by atoms with E-state index in [-0.39, 0.29) is 28.7 Å². The van der Waals surface area contributed by atoms with E-state index in [1.807, 2.05) is 26.0 Å². The molecule has 2 aliphatic heterocycles. The summed E-state index contributed by atoms with van der Waals surface area (Å²) in [5.74, 6) is 0.712. The molecule has 2 N–H and O–H groups in total. The number of fused-ring (bicyclic) bond motifs is 5. The van der Waals surface area contributed by atoms with Crippen molar-refractivity contribution in [3.8, 4) is 5.75 Å². The van der Waals surface area contributed by atoms with Crippen LogP contribution in [-0.4, -0.2) is 65.4 Å². The molecule has 1 saturated heterocycles. The van der Waals surface area contributed by atoms with Crippen molar-refractivity contribution in [3.05, 3.63) is 23.8 Å². The zero-order chi connectivity index (χ0) is 41.4. The standard InChI is InChI=1S/C35H62O4.C13H18N2O/c1-22(2)13-12-19-33(11)27(16-14-23(3)4)21-34(20-18-25(7)8)30(37)28(17-15-24(5)6)31(38)35(33,32(34)39)29(36)26(9)10;1-13-6-7-14(2)12(13)15(3)11-5-4-9(16)8-10(11)13/h22-28,31,38H,12-21H2,1-11H3;4-5,8,12,16H,6-7H2,1-3H3/t27-,28?,31?,33+,34+,35-;12-,13+/m11/s1. The number of aliphatic hydroxyl groups is 1. The van der Waals surface area contributed by atoms with Gasteiger partial charge in [-0.3, -0.25) is 19.3 Å². The minimum absolute atomic E-state index is 0.0456. The van der Waals surface area contributed by atoms with Gasteiger partial charge in [-0.25, -0.2) is 0 Å². The average Bonchev–Trinajstić information content (AvgIpc) is 3.51. The summed E-state index contributed by atoms with van der Waals surface area (Å²) in [7, 11) is 4.33. The van der Waals surface area contributed by atoms with Crippen molar-refractivity contribution in [2.24, 2.45) is 57.7 Å². The lowest BCUT2D eigenvalue weighted by atomic mass is 9.35. The van der Waals surface area contributed by atoms with Gasteiger partial charge in [0.15, 0.2) is 17.3 Å². The number of aliphatic hydroxyl groups excluding tert-OH is 1. The maximum Gasteiger partial charge on any atom is 0.163 e. The van der Waals surface area contributed by atoms with Gasteiger partial charge < -0.3 is 15.1 Å². The lowest BCUT2D eigenvalue weighted by molar-refractivity contribution is -0.212. The first-order valence-electron chi connectivity index (χ1n) is 22.1. The summed E-state index contributed by atoms with van der Waals surface area (Å²) in [6.07, 6.45) is 8.07. The molecule has 5 rings (SSSR count). The van der Waals surface area contributed by atoms with Gasteiger partial charge >= 0.3 is 0 Å². The molecule has 8 atom stereocenters. The fourth-order valence-electron chi connectivity index (χ4n) is 11.7. The van der Waals surface area contributed by atoms with E-state index >= 15 is 4.79 Å². The third kappa shape index (κ3) is 8.10. The Balaban J connectivity index is 0.000000344. The van der Waals surface area contributed by atoms with Gasteiger partial charge in [-0.1, -0.05) is 109 Å². The number of hydrogen-bond donors (Lipinski definition) is 2. The molecule has 2 bridgehead atoms. The second kappa shape index (κ2) is 17.3. The predicted molar refractivity (Wildman–Crippen MR) is 226 cm³/mol. The Bertz CT molecular complexity index is 1520. The first kappa shape index (κ1) is 45.5. The fraction of sp³-hybridized carbons (Fsp3) is 0.812. The van der Waals surface area contributed by atoms with E-state index < -0.39 is 34.2 Å². The number of hydrogen-bond acceptors (Lipinski definition) is 7. The van der Waals surface area contributed by atoms with E-state index in [9.17, 15) is 19.8 Å². The average molecular weight is 765 g/mol. The van der Waals surface area contributed by atoms with Crippen molar-refractivity contribution in [2.45, 2.75) is 171 Å². The number of carbonyl (C=O) groups excluding carboxylic acids is 3. The first-order valence-corrected chi connectivity index (χ1v) is 22.1. The second-order valence-electron chi connectivity index (χ2n) is 21.0. The Hall–Kier alpha value is -2.25. The van der Waals surface area contributed by atoms with Gasteiger partial charge in [-0.05, 0) is 111 Å². The van der Waals surface area contributed by atoms with Crippen LogP contribution in [-0.2, 0) is 19.8 Å². The van der Waals surface area contributed by atoms with Crippen molar-refractivity contribution < 1.29 is 24.6 Å². The van der Waals surface area contributed by atoms with Gasteiger partial charge in [0.1, 0.15) is 11.2 Å². The molecule has 0 amide bonds. The minimum Gasteiger partial charge on any atom is -0.508 e. The molecule has 2 unspecified atom stereocenters. The molecule has 1 aromatic carbocycles. The highest BCUT2D eigenvalue weighted by atomic mass is 16.3. The Morgan fingerprint density at radius 3 is 1.98 bits per heavy atom. The van der Waals surface area contributed by atoms with Crippen LogP contribution in [0, 0.1) is 57.7 Å². The van der Waals surface area contributed by atoms with E-state index in [1.165, 1.54) is 11.3 Å². The van der Waals surface area contributed by atoms with Crippen LogP contribution in [0.4, 0.5) is 5.69 Å². The highest BCUT2D eigenvalue weighted by molar-refractivity contribution is 6.22.